The number of anilines is 1. The molecule has 0 unspecified atom stereocenters. The van der Waals surface area contributed by atoms with Gasteiger partial charge in [-0.3, -0.25) is 0 Å². The van der Waals surface area contributed by atoms with E-state index in [-0.39, 0.29) is 12.6 Å². The molecule has 0 aromatic carbocycles. The summed E-state index contributed by atoms with van der Waals surface area (Å²) < 4.78 is 2.17. The molecule has 6 nitrogen and oxygen atoms in total. The number of pyridine rings is 1. The van der Waals surface area contributed by atoms with E-state index in [0.717, 1.165) is 51.6 Å². The highest BCUT2D eigenvalue weighted by Crippen LogP contribution is 2.32. The third-order valence-electron chi connectivity index (χ3n) is 5.33. The quantitative estimate of drug-likeness (QED) is 0.625. The van der Waals surface area contributed by atoms with Gasteiger partial charge < -0.3 is 15.0 Å². The number of rotatable bonds is 7. The van der Waals surface area contributed by atoms with Crippen molar-refractivity contribution in [1.82, 2.24) is 19.5 Å². The van der Waals surface area contributed by atoms with Gasteiger partial charge in [-0.15, -0.1) is 0 Å². The summed E-state index contributed by atoms with van der Waals surface area (Å²) in [5, 5.41) is 12.6. The van der Waals surface area contributed by atoms with Crippen LogP contribution in [0.5, 0.6) is 0 Å². The van der Waals surface area contributed by atoms with E-state index in [2.05, 4.69) is 55.9 Å². The van der Waals surface area contributed by atoms with Crippen molar-refractivity contribution in [2.24, 2.45) is 0 Å². The Hall–Kier alpha value is -2.47. The lowest BCUT2D eigenvalue weighted by molar-refractivity contribution is 0.256. The van der Waals surface area contributed by atoms with Gasteiger partial charge in [-0.05, 0) is 50.3 Å². The van der Waals surface area contributed by atoms with Gasteiger partial charge in [0.25, 0.3) is 0 Å². The van der Waals surface area contributed by atoms with E-state index in [1.807, 2.05) is 14.0 Å². The maximum absolute atomic E-state index is 9.41. The number of nitrogens with one attached hydrogen (secondary N) is 1. The molecule has 0 aliphatic carbocycles. The monoisotopic (exact) mass is 381 g/mol. The van der Waals surface area contributed by atoms with Gasteiger partial charge in [0.1, 0.15) is 11.3 Å². The highest BCUT2D eigenvalue weighted by atomic mass is 16.3. The molecule has 0 saturated carbocycles. The fourth-order valence-electron chi connectivity index (χ4n) is 3.68. The Kier molecular flexibility index (Phi) is 5.98. The predicted octanol–water partition coefficient (Wildman–Crippen LogP) is 4.61. The zero-order chi connectivity index (χ0) is 20.4. The van der Waals surface area contributed by atoms with Crippen LogP contribution in [0.1, 0.15) is 62.5 Å². The minimum absolute atomic E-state index is 0.168. The van der Waals surface area contributed by atoms with Crippen molar-refractivity contribution in [3.8, 4) is 11.3 Å². The van der Waals surface area contributed by atoms with Crippen molar-refractivity contribution in [2.75, 3.05) is 19.0 Å². The molecule has 3 aromatic heterocycles. The molecule has 0 aliphatic rings. The Morgan fingerprint density at radius 3 is 2.50 bits per heavy atom. The first-order valence-corrected chi connectivity index (χ1v) is 10.1. The van der Waals surface area contributed by atoms with Crippen molar-refractivity contribution < 1.29 is 5.11 Å². The maximum Gasteiger partial charge on any atom is 0.159 e. The summed E-state index contributed by atoms with van der Waals surface area (Å²) in [6.45, 7) is 10.6. The molecular formula is C22H31N5O. The SMILES string of the molecule is CC[C@H](CCO)n1cc(C)c2nc(-c3ccc(C(C)C)nc3NC)c(C)nc21. The molecule has 3 rings (SSSR count). The van der Waals surface area contributed by atoms with E-state index in [4.69, 9.17) is 15.0 Å². The molecule has 0 radical (unpaired) electrons. The average Bonchev–Trinajstić information content (AvgIpc) is 3.00. The predicted molar refractivity (Wildman–Crippen MR) is 115 cm³/mol. The number of aryl methyl sites for hydroxylation is 2. The van der Waals surface area contributed by atoms with Crippen LogP contribution in [0.15, 0.2) is 18.3 Å². The number of fused-ring (bicyclic) bond motifs is 1. The Balaban J connectivity index is 2.17. The number of aliphatic hydroxyl groups excluding tert-OH is 1. The molecule has 1 atom stereocenters. The van der Waals surface area contributed by atoms with Gasteiger partial charge in [-0.2, -0.15) is 0 Å². The number of aromatic nitrogens is 4. The average molecular weight is 382 g/mol. The van der Waals surface area contributed by atoms with Crippen molar-refractivity contribution >= 4 is 17.0 Å². The second-order valence-corrected chi connectivity index (χ2v) is 7.66. The molecule has 2 N–H and O–H groups in total. The van der Waals surface area contributed by atoms with Crippen LogP contribution >= 0.6 is 0 Å². The highest BCUT2D eigenvalue weighted by Gasteiger charge is 2.19. The first kappa shape index (κ1) is 20.3. The summed E-state index contributed by atoms with van der Waals surface area (Å²) in [5.41, 5.74) is 6.64. The van der Waals surface area contributed by atoms with Crippen molar-refractivity contribution in [1.29, 1.82) is 0 Å². The van der Waals surface area contributed by atoms with E-state index in [0.29, 0.717) is 12.3 Å². The fraction of sp³-hybridized carbons (Fsp3) is 0.500. The molecule has 0 fully saturated rings. The molecule has 0 saturated heterocycles. The van der Waals surface area contributed by atoms with E-state index >= 15 is 0 Å². The fourth-order valence-corrected chi connectivity index (χ4v) is 3.68. The van der Waals surface area contributed by atoms with Crippen LogP contribution in [-0.4, -0.2) is 38.3 Å². The van der Waals surface area contributed by atoms with E-state index in [9.17, 15) is 5.11 Å². The second kappa shape index (κ2) is 8.27. The third kappa shape index (κ3) is 3.61. The summed E-state index contributed by atoms with van der Waals surface area (Å²) in [5.74, 6) is 1.19. The summed E-state index contributed by atoms with van der Waals surface area (Å²) >= 11 is 0. The Morgan fingerprint density at radius 1 is 1.14 bits per heavy atom. The van der Waals surface area contributed by atoms with Gasteiger partial charge in [0.2, 0.25) is 0 Å². The summed E-state index contributed by atoms with van der Waals surface area (Å²) in [7, 11) is 1.89. The van der Waals surface area contributed by atoms with Crippen molar-refractivity contribution in [3.63, 3.8) is 0 Å². The Labute approximate surface area is 167 Å². The lowest BCUT2D eigenvalue weighted by Gasteiger charge is -2.17. The molecule has 28 heavy (non-hydrogen) atoms. The molecular weight excluding hydrogens is 350 g/mol. The summed E-state index contributed by atoms with van der Waals surface area (Å²) in [6.07, 6.45) is 3.76. The largest absolute Gasteiger partial charge is 0.396 e. The van der Waals surface area contributed by atoms with Gasteiger partial charge in [0.05, 0.1) is 11.4 Å². The number of aliphatic hydroxyl groups is 1. The van der Waals surface area contributed by atoms with Gasteiger partial charge in [-0.1, -0.05) is 20.8 Å². The molecule has 6 heteroatoms. The van der Waals surface area contributed by atoms with Crippen molar-refractivity contribution in [2.45, 2.75) is 59.4 Å². The summed E-state index contributed by atoms with van der Waals surface area (Å²) in [4.78, 5) is 14.7. The number of nitrogens with zero attached hydrogens (tertiary/aromatic N) is 4. The lowest BCUT2D eigenvalue weighted by Crippen LogP contribution is -2.10. The first-order valence-electron chi connectivity index (χ1n) is 10.1. The zero-order valence-corrected chi connectivity index (χ0v) is 17.7. The zero-order valence-electron chi connectivity index (χ0n) is 17.7. The normalized spacial score (nSPS) is 12.7. The minimum atomic E-state index is 0.168. The van der Waals surface area contributed by atoms with Gasteiger partial charge >= 0.3 is 0 Å². The van der Waals surface area contributed by atoms with Crippen LogP contribution in [0.25, 0.3) is 22.4 Å². The first-order chi connectivity index (χ1) is 13.4. The molecule has 0 bridgehead atoms. The van der Waals surface area contributed by atoms with Crippen LogP contribution in [0.4, 0.5) is 5.82 Å². The van der Waals surface area contributed by atoms with Gasteiger partial charge in [0, 0.05) is 37.2 Å². The van der Waals surface area contributed by atoms with Crippen LogP contribution in [0.3, 0.4) is 0 Å². The molecule has 3 aromatic rings. The van der Waals surface area contributed by atoms with Crippen LogP contribution in [-0.2, 0) is 0 Å². The molecule has 3 heterocycles. The third-order valence-corrected chi connectivity index (χ3v) is 5.33. The van der Waals surface area contributed by atoms with Gasteiger partial charge in [0.15, 0.2) is 5.65 Å². The lowest BCUT2D eigenvalue weighted by atomic mass is 10.1. The Bertz CT molecular complexity index is 977. The smallest absolute Gasteiger partial charge is 0.159 e. The molecule has 0 spiro atoms. The van der Waals surface area contributed by atoms with Crippen LogP contribution in [0, 0.1) is 13.8 Å². The second-order valence-electron chi connectivity index (χ2n) is 7.66. The van der Waals surface area contributed by atoms with E-state index < -0.39 is 0 Å². The maximum atomic E-state index is 9.41. The van der Waals surface area contributed by atoms with E-state index in [1.54, 1.807) is 0 Å². The number of hydrogen-bond acceptors (Lipinski definition) is 5. The van der Waals surface area contributed by atoms with Crippen LogP contribution in [0.2, 0.25) is 0 Å². The van der Waals surface area contributed by atoms with Crippen LogP contribution < -0.4 is 5.32 Å². The van der Waals surface area contributed by atoms with Gasteiger partial charge in [-0.25, -0.2) is 15.0 Å². The van der Waals surface area contributed by atoms with Crippen molar-refractivity contribution in [3.05, 3.63) is 35.3 Å². The Morgan fingerprint density at radius 2 is 1.89 bits per heavy atom. The molecule has 150 valence electrons. The minimum Gasteiger partial charge on any atom is -0.396 e. The molecule has 0 amide bonds. The number of hydrogen-bond donors (Lipinski definition) is 2. The standard InChI is InChI=1S/C22H31N5O/c1-7-16(10-11-28)27-12-14(4)19-22(27)24-15(5)20(26-19)17-8-9-18(13(2)3)25-21(17)23-6/h8-9,12-13,16,28H,7,10-11H2,1-6H3,(H,23,25)/t16-/m1/s1. The molecule has 0 aliphatic heterocycles. The highest BCUT2D eigenvalue weighted by molar-refractivity contribution is 5.82. The van der Waals surface area contributed by atoms with E-state index in [1.165, 1.54) is 0 Å². The topological polar surface area (TPSA) is 75.9 Å². The summed E-state index contributed by atoms with van der Waals surface area (Å²) in [6, 6.07) is 4.38.